The molecule has 7 nitrogen and oxygen atoms in total. The van der Waals surface area contributed by atoms with Gasteiger partial charge in [0.1, 0.15) is 11.7 Å². The topological polar surface area (TPSA) is 81.8 Å². The molecular weight excluding hydrogens is 414 g/mol. The van der Waals surface area contributed by atoms with E-state index >= 15 is 0 Å². The minimum atomic E-state index is -0.133. The number of carbonyl (C=O) groups is 1. The van der Waals surface area contributed by atoms with Gasteiger partial charge in [-0.05, 0) is 35.7 Å². The molecule has 0 unspecified atom stereocenters. The molecule has 0 aliphatic rings. The van der Waals surface area contributed by atoms with Gasteiger partial charge >= 0.3 is 0 Å². The number of nitrogens with one attached hydrogen (secondary N) is 1. The summed E-state index contributed by atoms with van der Waals surface area (Å²) in [5.41, 5.74) is 3.47. The van der Waals surface area contributed by atoms with E-state index in [1.165, 1.54) is 6.20 Å². The summed E-state index contributed by atoms with van der Waals surface area (Å²) in [4.78, 5) is 29.4. The number of aryl methyl sites for hydroxylation is 1. The fourth-order valence-electron chi connectivity index (χ4n) is 3.40. The number of nitrogens with zero attached hydrogens (tertiary/aromatic N) is 4. The first-order valence-corrected chi connectivity index (χ1v) is 10.4. The van der Waals surface area contributed by atoms with Crippen LogP contribution < -0.4 is 10.9 Å². The summed E-state index contributed by atoms with van der Waals surface area (Å²) < 4.78 is 3.22. The molecule has 1 amide bonds. The monoisotopic (exact) mass is 435 g/mol. The van der Waals surface area contributed by atoms with Crippen molar-refractivity contribution < 1.29 is 4.79 Å². The number of hydrogen-bond donors (Lipinski definition) is 1. The Morgan fingerprint density at radius 2 is 1.90 bits per heavy atom. The highest BCUT2D eigenvalue weighted by atomic mass is 35.5. The highest BCUT2D eigenvalue weighted by Gasteiger charge is 2.11. The van der Waals surface area contributed by atoms with Gasteiger partial charge < -0.3 is 5.32 Å². The first kappa shape index (κ1) is 20.8. The van der Waals surface area contributed by atoms with E-state index in [-0.39, 0.29) is 17.9 Å². The molecule has 4 aromatic rings. The second-order valence-corrected chi connectivity index (χ2v) is 7.80. The molecule has 0 saturated carbocycles. The van der Waals surface area contributed by atoms with Gasteiger partial charge in [0.25, 0.3) is 5.56 Å². The van der Waals surface area contributed by atoms with E-state index in [1.807, 2.05) is 43.3 Å². The normalized spacial score (nSPS) is 11.0. The van der Waals surface area contributed by atoms with Gasteiger partial charge in [-0.15, -0.1) is 0 Å². The van der Waals surface area contributed by atoms with Gasteiger partial charge in [0, 0.05) is 11.6 Å². The molecule has 31 heavy (non-hydrogen) atoms. The van der Waals surface area contributed by atoms with Crippen LogP contribution in [0.25, 0.3) is 11.0 Å². The van der Waals surface area contributed by atoms with Crippen molar-refractivity contribution in [3.63, 3.8) is 0 Å². The molecule has 158 valence electrons. The third kappa shape index (κ3) is 4.83. The molecule has 0 atom stereocenters. The Kier molecular flexibility index (Phi) is 6.13. The molecule has 0 spiro atoms. The number of fused-ring (bicyclic) bond motifs is 1. The lowest BCUT2D eigenvalue weighted by molar-refractivity contribution is -0.120. The number of halogens is 1. The molecule has 0 saturated heterocycles. The van der Waals surface area contributed by atoms with Crippen LogP contribution in [-0.2, 0) is 24.3 Å². The van der Waals surface area contributed by atoms with Crippen LogP contribution in [0.4, 0.5) is 0 Å². The summed E-state index contributed by atoms with van der Waals surface area (Å²) in [7, 11) is 0. The molecule has 8 heteroatoms. The van der Waals surface area contributed by atoms with Crippen LogP contribution in [0.3, 0.4) is 0 Å². The summed E-state index contributed by atoms with van der Waals surface area (Å²) in [6.45, 7) is 3.28. The molecule has 2 heterocycles. The van der Waals surface area contributed by atoms with E-state index in [2.05, 4.69) is 15.4 Å². The molecule has 2 aromatic carbocycles. The molecule has 4 rings (SSSR count). The number of aromatic nitrogens is 4. The van der Waals surface area contributed by atoms with Crippen molar-refractivity contribution in [3.05, 3.63) is 93.1 Å². The van der Waals surface area contributed by atoms with Crippen molar-refractivity contribution >= 4 is 28.5 Å². The van der Waals surface area contributed by atoms with Crippen LogP contribution in [-0.4, -0.2) is 31.8 Å². The lowest BCUT2D eigenvalue weighted by atomic mass is 10.1. The van der Waals surface area contributed by atoms with E-state index in [1.54, 1.807) is 27.7 Å². The maximum atomic E-state index is 12.9. The van der Waals surface area contributed by atoms with Crippen LogP contribution in [0, 0.1) is 6.92 Å². The lowest BCUT2D eigenvalue weighted by Gasteiger charge is -2.09. The standard InChI is InChI=1S/C23H22ClN5O2/c1-16-4-2-3-5-18(16)14-28-15-26-22-20(23(28)31)13-27-29(22)11-10-25-21(30)12-17-6-8-19(24)9-7-17/h2-9,13,15H,10-12,14H2,1H3,(H,25,30). The maximum Gasteiger partial charge on any atom is 0.264 e. The van der Waals surface area contributed by atoms with E-state index < -0.39 is 0 Å². The van der Waals surface area contributed by atoms with E-state index in [0.717, 1.165) is 16.7 Å². The summed E-state index contributed by atoms with van der Waals surface area (Å²) in [6.07, 6.45) is 3.36. The van der Waals surface area contributed by atoms with Gasteiger partial charge in [-0.25, -0.2) is 9.67 Å². The van der Waals surface area contributed by atoms with E-state index in [9.17, 15) is 9.59 Å². The van der Waals surface area contributed by atoms with Crippen molar-refractivity contribution in [3.8, 4) is 0 Å². The van der Waals surface area contributed by atoms with Crippen molar-refractivity contribution in [2.75, 3.05) is 6.54 Å². The summed E-state index contributed by atoms with van der Waals surface area (Å²) in [6, 6.07) is 15.1. The Morgan fingerprint density at radius 1 is 1.13 bits per heavy atom. The Hall–Kier alpha value is -3.45. The summed E-state index contributed by atoms with van der Waals surface area (Å²) in [5.74, 6) is -0.0904. The molecule has 1 N–H and O–H groups in total. The second-order valence-electron chi connectivity index (χ2n) is 7.36. The highest BCUT2D eigenvalue weighted by Crippen LogP contribution is 2.11. The minimum absolute atomic E-state index is 0.0904. The third-order valence-electron chi connectivity index (χ3n) is 5.15. The molecule has 0 fully saturated rings. The van der Waals surface area contributed by atoms with Gasteiger partial charge in [0.05, 0.1) is 25.7 Å². The Labute approximate surface area is 184 Å². The van der Waals surface area contributed by atoms with E-state index in [4.69, 9.17) is 11.6 Å². The van der Waals surface area contributed by atoms with Gasteiger partial charge in [-0.1, -0.05) is 48.0 Å². The van der Waals surface area contributed by atoms with Crippen molar-refractivity contribution in [2.24, 2.45) is 0 Å². The lowest BCUT2D eigenvalue weighted by Crippen LogP contribution is -2.29. The molecule has 0 bridgehead atoms. The molecular formula is C23H22ClN5O2. The van der Waals surface area contributed by atoms with Gasteiger partial charge in [-0.3, -0.25) is 14.2 Å². The Bertz CT molecular complexity index is 1280. The maximum absolute atomic E-state index is 12.9. The van der Waals surface area contributed by atoms with Gasteiger partial charge in [0.2, 0.25) is 5.91 Å². The number of rotatable bonds is 7. The van der Waals surface area contributed by atoms with Crippen molar-refractivity contribution in [2.45, 2.75) is 26.4 Å². The average molecular weight is 436 g/mol. The quantitative estimate of drug-likeness (QED) is 0.484. The molecule has 2 aromatic heterocycles. The number of benzene rings is 2. The van der Waals surface area contributed by atoms with Crippen LogP contribution >= 0.6 is 11.6 Å². The smallest absolute Gasteiger partial charge is 0.264 e. The molecule has 0 aliphatic heterocycles. The SMILES string of the molecule is Cc1ccccc1Cn1cnc2c(cnn2CCNC(=O)Cc2ccc(Cl)cc2)c1=O. The fraction of sp³-hybridized carbons (Fsp3) is 0.217. The van der Waals surface area contributed by atoms with E-state index in [0.29, 0.717) is 35.7 Å². The predicted octanol–water partition coefficient (Wildman–Crippen LogP) is 2.96. The molecule has 0 radical (unpaired) electrons. The second kappa shape index (κ2) is 9.14. The van der Waals surface area contributed by atoms with Crippen molar-refractivity contribution in [1.82, 2.24) is 24.6 Å². The first-order chi connectivity index (χ1) is 15.0. The predicted molar refractivity (Wildman–Crippen MR) is 120 cm³/mol. The van der Waals surface area contributed by atoms with Crippen LogP contribution in [0.15, 0.2) is 65.8 Å². The number of amides is 1. The Balaban J connectivity index is 1.40. The number of carbonyl (C=O) groups excluding carboxylic acids is 1. The van der Waals surface area contributed by atoms with Crippen molar-refractivity contribution in [1.29, 1.82) is 0 Å². The number of hydrogen-bond acceptors (Lipinski definition) is 4. The van der Waals surface area contributed by atoms with Crippen LogP contribution in [0.5, 0.6) is 0 Å². The van der Waals surface area contributed by atoms with Gasteiger partial charge in [0.15, 0.2) is 5.65 Å². The summed E-state index contributed by atoms with van der Waals surface area (Å²) in [5, 5.41) is 8.26. The van der Waals surface area contributed by atoms with Crippen LogP contribution in [0.2, 0.25) is 5.02 Å². The minimum Gasteiger partial charge on any atom is -0.354 e. The van der Waals surface area contributed by atoms with Crippen LogP contribution in [0.1, 0.15) is 16.7 Å². The zero-order valence-electron chi connectivity index (χ0n) is 17.1. The zero-order chi connectivity index (χ0) is 21.8. The Morgan fingerprint density at radius 3 is 2.68 bits per heavy atom. The fourth-order valence-corrected chi connectivity index (χ4v) is 3.52. The van der Waals surface area contributed by atoms with Gasteiger partial charge in [-0.2, -0.15) is 5.10 Å². The largest absolute Gasteiger partial charge is 0.354 e. The summed E-state index contributed by atoms with van der Waals surface area (Å²) >= 11 is 5.86. The molecule has 0 aliphatic carbocycles. The third-order valence-corrected chi connectivity index (χ3v) is 5.40. The highest BCUT2D eigenvalue weighted by molar-refractivity contribution is 6.30. The first-order valence-electron chi connectivity index (χ1n) is 9.98. The zero-order valence-corrected chi connectivity index (χ0v) is 17.8. The average Bonchev–Trinajstić information content (AvgIpc) is 3.17.